The van der Waals surface area contributed by atoms with Crippen LogP contribution < -0.4 is 21.0 Å². The monoisotopic (exact) mass is 482 g/mol. The summed E-state index contributed by atoms with van der Waals surface area (Å²) in [5, 5.41) is 10.3. The van der Waals surface area contributed by atoms with E-state index in [-0.39, 0.29) is 16.1 Å². The molecule has 2 atom stereocenters. The molecule has 35 heavy (non-hydrogen) atoms. The maximum atomic E-state index is 7.42. The average molecular weight is 483 g/mol. The summed E-state index contributed by atoms with van der Waals surface area (Å²) < 4.78 is 7.42. The number of hydrogen-bond donors (Lipinski definition) is 2. The van der Waals surface area contributed by atoms with Gasteiger partial charge in [0.05, 0.1) is 12.1 Å². The molecule has 3 aromatic rings. The Kier molecular flexibility index (Phi) is 6.58. The normalized spacial score (nSPS) is 24.7. The van der Waals surface area contributed by atoms with Crippen LogP contribution in [0.4, 0.5) is 0 Å². The molecule has 5 rings (SSSR count). The van der Waals surface area contributed by atoms with Crippen molar-refractivity contribution in [2.45, 2.75) is 49.7 Å². The Balaban J connectivity index is 1.60. The van der Waals surface area contributed by atoms with Gasteiger partial charge in [0, 0.05) is 12.1 Å². The zero-order valence-corrected chi connectivity index (χ0v) is 22.3. The van der Waals surface area contributed by atoms with Crippen molar-refractivity contribution in [3.8, 4) is 0 Å². The van der Waals surface area contributed by atoms with Gasteiger partial charge in [0.15, 0.2) is 0 Å². The molecule has 0 radical (unpaired) electrons. The number of rotatable bonds is 6. The maximum absolute atomic E-state index is 7.42. The van der Waals surface area contributed by atoms with Crippen LogP contribution in [0, 0.1) is 0 Å². The second kappa shape index (κ2) is 9.51. The molecule has 3 aromatic carbocycles. The summed E-state index contributed by atoms with van der Waals surface area (Å²) >= 11 is 0. The summed E-state index contributed by atoms with van der Waals surface area (Å²) in [6.45, 7) is 9.60. The second-order valence-corrected chi connectivity index (χ2v) is 15.5. The lowest BCUT2D eigenvalue weighted by Crippen LogP contribution is -2.68. The Morgan fingerprint density at radius 1 is 0.771 bits per heavy atom. The summed E-state index contributed by atoms with van der Waals surface area (Å²) in [6, 6.07) is 32.7. The van der Waals surface area contributed by atoms with E-state index in [0.29, 0.717) is 6.61 Å². The standard InChI is InChI=1S/C31H38N2OSi/c1-29(2,3)35(27-16-9-5-10-17-27,28-18-11-6-12-19-28)34-25-31(26-14-7-4-8-15-26)22-21-30(24-33-31)20-13-23-32-30/h4-12,14-19,21-22,32-33H,13,20,23-25H2,1-3H3/t30-,31-/m1/s1. The van der Waals surface area contributed by atoms with E-state index in [0.717, 1.165) is 13.1 Å². The van der Waals surface area contributed by atoms with E-state index in [1.807, 2.05) is 0 Å². The van der Waals surface area contributed by atoms with E-state index in [2.05, 4.69) is 135 Å². The maximum Gasteiger partial charge on any atom is 0.261 e. The van der Waals surface area contributed by atoms with Gasteiger partial charge in [-0.05, 0) is 40.4 Å². The highest BCUT2D eigenvalue weighted by Crippen LogP contribution is 2.39. The van der Waals surface area contributed by atoms with Gasteiger partial charge in [-0.15, -0.1) is 0 Å². The van der Waals surface area contributed by atoms with E-state index in [4.69, 9.17) is 4.43 Å². The van der Waals surface area contributed by atoms with Crippen LogP contribution in [-0.2, 0) is 9.96 Å². The minimum absolute atomic E-state index is 0.0554. The molecule has 0 saturated carbocycles. The fourth-order valence-electron chi connectivity index (χ4n) is 5.96. The highest BCUT2D eigenvalue weighted by Gasteiger charge is 2.52. The van der Waals surface area contributed by atoms with Crippen LogP contribution in [0.5, 0.6) is 0 Å². The first-order chi connectivity index (χ1) is 16.9. The lowest BCUT2D eigenvalue weighted by atomic mass is 9.82. The van der Waals surface area contributed by atoms with E-state index in [1.165, 1.54) is 28.8 Å². The molecule has 1 saturated heterocycles. The summed E-state index contributed by atoms with van der Waals surface area (Å²) in [7, 11) is -2.64. The van der Waals surface area contributed by atoms with E-state index < -0.39 is 8.32 Å². The highest BCUT2D eigenvalue weighted by atomic mass is 28.4. The summed E-state index contributed by atoms with van der Waals surface area (Å²) in [6.07, 6.45) is 7.19. The number of benzene rings is 3. The molecule has 0 bridgehead atoms. The van der Waals surface area contributed by atoms with E-state index >= 15 is 0 Å². The van der Waals surface area contributed by atoms with Crippen molar-refractivity contribution < 1.29 is 4.43 Å². The van der Waals surface area contributed by atoms with E-state index in [9.17, 15) is 0 Å². The molecule has 0 aliphatic carbocycles. The van der Waals surface area contributed by atoms with Crippen LogP contribution in [-0.4, -0.2) is 33.6 Å². The van der Waals surface area contributed by atoms with Gasteiger partial charge in [0.25, 0.3) is 8.32 Å². The highest BCUT2D eigenvalue weighted by molar-refractivity contribution is 6.99. The fourth-order valence-corrected chi connectivity index (χ4v) is 10.6. The first kappa shape index (κ1) is 24.2. The molecule has 0 unspecified atom stereocenters. The van der Waals surface area contributed by atoms with Crippen molar-refractivity contribution >= 4 is 18.7 Å². The lowest BCUT2D eigenvalue weighted by molar-refractivity contribution is 0.187. The molecule has 4 heteroatoms. The van der Waals surface area contributed by atoms with Crippen LogP contribution in [0.15, 0.2) is 103 Å². The van der Waals surface area contributed by atoms with Gasteiger partial charge in [0.1, 0.15) is 0 Å². The van der Waals surface area contributed by atoms with Crippen molar-refractivity contribution in [2.75, 3.05) is 19.7 Å². The lowest BCUT2D eigenvalue weighted by Gasteiger charge is -2.47. The predicted octanol–water partition coefficient (Wildman–Crippen LogP) is 4.74. The summed E-state index contributed by atoms with van der Waals surface area (Å²) in [4.78, 5) is 0. The molecular weight excluding hydrogens is 444 g/mol. The average Bonchev–Trinajstić information content (AvgIpc) is 3.35. The van der Waals surface area contributed by atoms with Crippen LogP contribution in [0.25, 0.3) is 0 Å². The van der Waals surface area contributed by atoms with Crippen molar-refractivity contribution in [1.29, 1.82) is 0 Å². The smallest absolute Gasteiger partial charge is 0.261 e. The van der Waals surface area contributed by atoms with Crippen LogP contribution in [0.3, 0.4) is 0 Å². The molecule has 182 valence electrons. The largest absolute Gasteiger partial charge is 0.405 e. The Hall–Kier alpha value is -2.50. The predicted molar refractivity (Wildman–Crippen MR) is 149 cm³/mol. The topological polar surface area (TPSA) is 33.3 Å². The van der Waals surface area contributed by atoms with Crippen molar-refractivity contribution in [3.63, 3.8) is 0 Å². The second-order valence-electron chi connectivity index (χ2n) is 11.2. The first-order valence-electron chi connectivity index (χ1n) is 12.9. The van der Waals surface area contributed by atoms with Gasteiger partial charge in [-0.3, -0.25) is 0 Å². The Morgan fingerprint density at radius 3 is 1.80 bits per heavy atom. The van der Waals surface area contributed by atoms with Crippen LogP contribution in [0.2, 0.25) is 5.04 Å². The fraction of sp³-hybridized carbons (Fsp3) is 0.355. The number of hydrogen-bond acceptors (Lipinski definition) is 3. The molecule has 2 heterocycles. The third-order valence-electron chi connectivity index (χ3n) is 7.90. The molecular formula is C31H38N2OSi. The van der Waals surface area contributed by atoms with Crippen molar-refractivity contribution in [3.05, 3.63) is 109 Å². The van der Waals surface area contributed by atoms with E-state index in [1.54, 1.807) is 0 Å². The molecule has 2 N–H and O–H groups in total. The van der Waals surface area contributed by atoms with Gasteiger partial charge in [-0.2, -0.15) is 0 Å². The molecule has 1 fully saturated rings. The zero-order chi connectivity index (χ0) is 24.4. The van der Waals surface area contributed by atoms with Gasteiger partial charge >= 0.3 is 0 Å². The van der Waals surface area contributed by atoms with Gasteiger partial charge < -0.3 is 15.1 Å². The minimum Gasteiger partial charge on any atom is -0.405 e. The summed E-state index contributed by atoms with van der Waals surface area (Å²) in [5.74, 6) is 0. The third-order valence-corrected chi connectivity index (χ3v) is 12.9. The zero-order valence-electron chi connectivity index (χ0n) is 21.3. The molecule has 3 nitrogen and oxygen atoms in total. The SMILES string of the molecule is CC(C)(C)[Si](OC[C@@]1(c2ccccc2)C=C[C@]2(CCCN2)CN1)(c1ccccc1)c1ccccc1. The quantitative estimate of drug-likeness (QED) is 0.393. The van der Waals surface area contributed by atoms with Crippen molar-refractivity contribution in [1.82, 2.24) is 10.6 Å². The first-order valence-corrected chi connectivity index (χ1v) is 14.8. The third kappa shape index (κ3) is 4.45. The molecule has 1 spiro atoms. The van der Waals surface area contributed by atoms with Crippen LogP contribution in [0.1, 0.15) is 39.2 Å². The van der Waals surface area contributed by atoms with Gasteiger partial charge in [-0.25, -0.2) is 0 Å². The van der Waals surface area contributed by atoms with Crippen LogP contribution >= 0.6 is 0 Å². The molecule has 0 amide bonds. The van der Waals surface area contributed by atoms with Crippen molar-refractivity contribution in [2.24, 2.45) is 0 Å². The Morgan fingerprint density at radius 2 is 1.34 bits per heavy atom. The minimum atomic E-state index is -2.64. The van der Waals surface area contributed by atoms with Gasteiger partial charge in [0.2, 0.25) is 0 Å². The molecule has 2 aliphatic rings. The Labute approximate surface area is 211 Å². The van der Waals surface area contributed by atoms with Gasteiger partial charge in [-0.1, -0.05) is 124 Å². The number of nitrogens with one attached hydrogen (secondary N) is 2. The Bertz CT molecular complexity index is 1100. The molecule has 2 aliphatic heterocycles. The molecule has 0 aromatic heterocycles. The summed E-state index contributed by atoms with van der Waals surface area (Å²) in [5.41, 5.74) is 0.946.